The Morgan fingerprint density at radius 1 is 1.24 bits per heavy atom. The van der Waals surface area contributed by atoms with Gasteiger partial charge in [0.15, 0.2) is 0 Å². The maximum absolute atomic E-state index is 6.26. The molecule has 2 aliphatic rings. The maximum atomic E-state index is 6.26. The molecule has 132 valence electrons. The van der Waals surface area contributed by atoms with Crippen LogP contribution >= 0.6 is 0 Å². The van der Waals surface area contributed by atoms with Gasteiger partial charge in [-0.1, -0.05) is 6.07 Å². The Kier molecular flexibility index (Phi) is 4.59. The highest BCUT2D eigenvalue weighted by atomic mass is 16.5. The van der Waals surface area contributed by atoms with E-state index in [1.54, 1.807) is 6.20 Å². The summed E-state index contributed by atoms with van der Waals surface area (Å²) in [7, 11) is 2.17. The number of rotatable bonds is 4. The van der Waals surface area contributed by atoms with E-state index in [-0.39, 0.29) is 6.04 Å². The third kappa shape index (κ3) is 3.34. The highest BCUT2D eigenvalue weighted by molar-refractivity contribution is 5.55. The summed E-state index contributed by atoms with van der Waals surface area (Å²) >= 11 is 0. The molecule has 1 aromatic heterocycles. The van der Waals surface area contributed by atoms with Gasteiger partial charge in [0, 0.05) is 32.4 Å². The monoisotopic (exact) mass is 338 g/mol. The first kappa shape index (κ1) is 16.4. The van der Waals surface area contributed by atoms with Gasteiger partial charge in [0.25, 0.3) is 0 Å². The van der Waals surface area contributed by atoms with E-state index >= 15 is 0 Å². The molecule has 1 saturated heterocycles. The first-order valence-electron chi connectivity index (χ1n) is 9.09. The molecule has 0 amide bonds. The van der Waals surface area contributed by atoms with Gasteiger partial charge in [-0.15, -0.1) is 0 Å². The van der Waals surface area contributed by atoms with Gasteiger partial charge >= 0.3 is 0 Å². The van der Waals surface area contributed by atoms with E-state index in [4.69, 9.17) is 10.5 Å². The predicted molar refractivity (Wildman–Crippen MR) is 99.8 cm³/mol. The summed E-state index contributed by atoms with van der Waals surface area (Å²) in [6.45, 7) is 3.67. The van der Waals surface area contributed by atoms with Crippen LogP contribution < -0.4 is 15.4 Å². The fourth-order valence-corrected chi connectivity index (χ4v) is 3.91. The lowest BCUT2D eigenvalue weighted by atomic mass is 10.0. The lowest BCUT2D eigenvalue weighted by Crippen LogP contribution is -2.35. The molecule has 5 heteroatoms. The number of nitrogens with zero attached hydrogens (tertiary/aromatic N) is 3. The number of ether oxygens (including phenoxy) is 1. The summed E-state index contributed by atoms with van der Waals surface area (Å²) in [5.41, 5.74) is 9.85. The normalized spacial score (nSPS) is 21.4. The van der Waals surface area contributed by atoms with E-state index in [1.807, 2.05) is 12.3 Å². The lowest BCUT2D eigenvalue weighted by Gasteiger charge is -2.29. The second-order valence-electron chi connectivity index (χ2n) is 7.07. The van der Waals surface area contributed by atoms with E-state index < -0.39 is 0 Å². The molecule has 0 bridgehead atoms. The molecule has 0 spiro atoms. The van der Waals surface area contributed by atoms with Crippen LogP contribution in [0.1, 0.15) is 30.0 Å². The number of aromatic nitrogens is 1. The van der Waals surface area contributed by atoms with Gasteiger partial charge in [0.1, 0.15) is 11.9 Å². The number of anilines is 1. The Bertz CT molecular complexity index is 713. The zero-order valence-electron chi connectivity index (χ0n) is 14.8. The minimum atomic E-state index is 0.181. The van der Waals surface area contributed by atoms with Crippen LogP contribution in [0.3, 0.4) is 0 Å². The first-order chi connectivity index (χ1) is 12.2. The molecule has 0 radical (unpaired) electrons. The Morgan fingerprint density at radius 3 is 2.80 bits per heavy atom. The van der Waals surface area contributed by atoms with Gasteiger partial charge < -0.3 is 20.3 Å². The quantitative estimate of drug-likeness (QED) is 0.928. The average Bonchev–Trinajstić information content (AvgIpc) is 3.02. The molecule has 0 aliphatic carbocycles. The van der Waals surface area contributed by atoms with Gasteiger partial charge in [0.05, 0.1) is 17.9 Å². The first-order valence-corrected chi connectivity index (χ1v) is 9.09. The maximum Gasteiger partial charge on any atom is 0.120 e. The van der Waals surface area contributed by atoms with Gasteiger partial charge in [-0.2, -0.15) is 0 Å². The number of likely N-dealkylation sites (tertiary alicyclic amines) is 1. The molecular weight excluding hydrogens is 312 g/mol. The molecule has 2 aliphatic heterocycles. The molecule has 2 aromatic rings. The molecular formula is C20H26N4O. The molecule has 2 N–H and O–H groups in total. The summed E-state index contributed by atoms with van der Waals surface area (Å²) in [4.78, 5) is 8.94. The van der Waals surface area contributed by atoms with E-state index in [0.717, 1.165) is 43.9 Å². The fraction of sp³-hybridized carbons (Fsp3) is 0.450. The minimum absolute atomic E-state index is 0.181. The fourth-order valence-electron chi connectivity index (χ4n) is 3.91. The van der Waals surface area contributed by atoms with Crippen molar-refractivity contribution < 1.29 is 4.74 Å². The standard InChI is InChI=1S/C20H26N4O/c1-23-9-6-17(7-10-23)25-18-5-4-15-14-24(16-3-2-8-22-13-16)20(12-21)19(15)11-18/h2-5,8,11,13,17,20H,6-7,9-10,12,14,21H2,1H3. The number of hydrogen-bond donors (Lipinski definition) is 1. The van der Waals surface area contributed by atoms with Crippen LogP contribution in [-0.2, 0) is 6.54 Å². The van der Waals surface area contributed by atoms with E-state index in [9.17, 15) is 0 Å². The minimum Gasteiger partial charge on any atom is -0.490 e. The van der Waals surface area contributed by atoms with Gasteiger partial charge in [-0.3, -0.25) is 4.98 Å². The topological polar surface area (TPSA) is 54.6 Å². The van der Waals surface area contributed by atoms with Crippen LogP contribution in [0.5, 0.6) is 5.75 Å². The summed E-state index contributed by atoms with van der Waals surface area (Å²) in [5.74, 6) is 0.972. The Hall–Kier alpha value is -2.11. The Morgan fingerprint density at radius 2 is 2.08 bits per heavy atom. The van der Waals surface area contributed by atoms with Crippen molar-refractivity contribution in [2.45, 2.75) is 31.5 Å². The molecule has 3 heterocycles. The van der Waals surface area contributed by atoms with Crippen molar-refractivity contribution in [1.29, 1.82) is 0 Å². The number of benzene rings is 1. The van der Waals surface area contributed by atoms with Crippen molar-refractivity contribution in [3.8, 4) is 5.75 Å². The number of fused-ring (bicyclic) bond motifs is 1. The van der Waals surface area contributed by atoms with Gasteiger partial charge in [-0.25, -0.2) is 0 Å². The number of pyridine rings is 1. The number of piperidine rings is 1. The Labute approximate surface area is 149 Å². The summed E-state index contributed by atoms with van der Waals surface area (Å²) < 4.78 is 6.26. The molecule has 1 unspecified atom stereocenters. The van der Waals surface area contributed by atoms with Gasteiger partial charge in [0.2, 0.25) is 0 Å². The molecule has 0 saturated carbocycles. The van der Waals surface area contributed by atoms with Crippen LogP contribution in [0.15, 0.2) is 42.7 Å². The highest BCUT2D eigenvalue weighted by Crippen LogP contribution is 2.38. The highest BCUT2D eigenvalue weighted by Gasteiger charge is 2.30. The molecule has 1 atom stereocenters. The van der Waals surface area contributed by atoms with Crippen molar-refractivity contribution in [2.24, 2.45) is 5.73 Å². The molecule has 5 nitrogen and oxygen atoms in total. The smallest absolute Gasteiger partial charge is 0.120 e. The van der Waals surface area contributed by atoms with Gasteiger partial charge in [-0.05, 0) is 55.3 Å². The third-order valence-electron chi connectivity index (χ3n) is 5.36. The zero-order chi connectivity index (χ0) is 17.2. The van der Waals surface area contributed by atoms with E-state index in [0.29, 0.717) is 12.6 Å². The zero-order valence-corrected chi connectivity index (χ0v) is 14.8. The average molecular weight is 338 g/mol. The van der Waals surface area contributed by atoms with Crippen molar-refractivity contribution in [3.05, 3.63) is 53.9 Å². The van der Waals surface area contributed by atoms with Crippen LogP contribution in [0.25, 0.3) is 0 Å². The van der Waals surface area contributed by atoms with Crippen LogP contribution in [-0.4, -0.2) is 42.7 Å². The van der Waals surface area contributed by atoms with Crippen molar-refractivity contribution in [3.63, 3.8) is 0 Å². The molecule has 1 fully saturated rings. The van der Waals surface area contributed by atoms with Crippen molar-refractivity contribution in [2.75, 3.05) is 31.6 Å². The van der Waals surface area contributed by atoms with E-state index in [2.05, 4.69) is 46.1 Å². The second-order valence-corrected chi connectivity index (χ2v) is 7.07. The predicted octanol–water partition coefficient (Wildman–Crippen LogP) is 2.57. The van der Waals surface area contributed by atoms with Crippen LogP contribution in [0.4, 0.5) is 5.69 Å². The van der Waals surface area contributed by atoms with Crippen LogP contribution in [0.2, 0.25) is 0 Å². The third-order valence-corrected chi connectivity index (χ3v) is 5.36. The van der Waals surface area contributed by atoms with Crippen LogP contribution in [0, 0.1) is 0 Å². The SMILES string of the molecule is CN1CCC(Oc2ccc3c(c2)C(CN)N(c2cccnc2)C3)CC1. The van der Waals surface area contributed by atoms with Crippen molar-refractivity contribution >= 4 is 5.69 Å². The summed E-state index contributed by atoms with van der Waals surface area (Å²) in [6.07, 6.45) is 6.22. The number of hydrogen-bond acceptors (Lipinski definition) is 5. The molecule has 25 heavy (non-hydrogen) atoms. The van der Waals surface area contributed by atoms with Crippen molar-refractivity contribution in [1.82, 2.24) is 9.88 Å². The summed E-state index contributed by atoms with van der Waals surface area (Å²) in [6, 6.07) is 10.7. The largest absolute Gasteiger partial charge is 0.490 e. The molecule has 1 aromatic carbocycles. The second kappa shape index (κ2) is 7.02. The molecule has 4 rings (SSSR count). The van der Waals surface area contributed by atoms with E-state index in [1.165, 1.54) is 11.1 Å². The number of nitrogens with two attached hydrogens (primary N) is 1. The lowest BCUT2D eigenvalue weighted by molar-refractivity contribution is 0.114. The summed E-state index contributed by atoms with van der Waals surface area (Å²) in [5, 5.41) is 0. The Balaban J connectivity index is 1.53.